The molecule has 0 fully saturated rings. The van der Waals surface area contributed by atoms with Gasteiger partial charge >= 0.3 is 6.18 Å². The number of alkyl halides is 5. The number of nitrogens with one attached hydrogen (secondary N) is 1. The van der Waals surface area contributed by atoms with E-state index >= 15 is 0 Å². The normalized spacial score (nSPS) is 15.6. The Bertz CT molecular complexity index is 1580. The fourth-order valence-electron chi connectivity index (χ4n) is 4.81. The van der Waals surface area contributed by atoms with Crippen molar-refractivity contribution < 1.29 is 26.7 Å². The Labute approximate surface area is 213 Å². The van der Waals surface area contributed by atoms with Gasteiger partial charge in [-0.05, 0) is 73.5 Å². The summed E-state index contributed by atoms with van der Waals surface area (Å²) in [5.41, 5.74) is 0.0183. The Hall–Kier alpha value is -4.08. The monoisotopic (exact) mass is 527 g/mol. The Morgan fingerprint density at radius 1 is 1.05 bits per heavy atom. The predicted molar refractivity (Wildman–Crippen MR) is 132 cm³/mol. The zero-order valence-electron chi connectivity index (χ0n) is 20.2. The first-order chi connectivity index (χ1) is 17.9. The number of halogens is 5. The summed E-state index contributed by atoms with van der Waals surface area (Å²) < 4.78 is 69.1. The first-order valence-corrected chi connectivity index (χ1v) is 11.9. The third kappa shape index (κ3) is 4.78. The van der Waals surface area contributed by atoms with E-state index < -0.39 is 48.0 Å². The van der Waals surface area contributed by atoms with Crippen LogP contribution in [0, 0.1) is 0 Å². The summed E-state index contributed by atoms with van der Waals surface area (Å²) in [6.45, 7) is 1.77. The number of rotatable bonds is 4. The minimum Gasteiger partial charge on any atom is -0.344 e. The van der Waals surface area contributed by atoms with Crippen LogP contribution in [0.4, 0.5) is 22.0 Å². The van der Waals surface area contributed by atoms with E-state index in [4.69, 9.17) is 0 Å². The molecule has 4 aromatic rings. The van der Waals surface area contributed by atoms with Crippen molar-refractivity contribution in [3.05, 3.63) is 105 Å². The Morgan fingerprint density at radius 3 is 2.45 bits per heavy atom. The maximum Gasteiger partial charge on any atom is 0.416 e. The van der Waals surface area contributed by atoms with E-state index in [9.17, 15) is 31.5 Å². The molecule has 2 heterocycles. The van der Waals surface area contributed by atoms with Crippen molar-refractivity contribution in [3.63, 3.8) is 0 Å². The molecule has 5 nitrogen and oxygen atoms in total. The molecule has 1 N–H and O–H groups in total. The summed E-state index contributed by atoms with van der Waals surface area (Å²) in [4.78, 5) is 30.7. The van der Waals surface area contributed by atoms with Gasteiger partial charge in [0.15, 0.2) is 0 Å². The number of benzene rings is 2. The average Bonchev–Trinajstić information content (AvgIpc) is 2.88. The lowest BCUT2D eigenvalue weighted by molar-refractivity contribution is -0.137. The van der Waals surface area contributed by atoms with Gasteiger partial charge in [-0.1, -0.05) is 6.07 Å². The number of pyridine rings is 2. The molecular weight excluding hydrogens is 505 g/mol. The molecule has 0 saturated carbocycles. The van der Waals surface area contributed by atoms with Crippen molar-refractivity contribution in [3.8, 4) is 5.69 Å². The summed E-state index contributed by atoms with van der Waals surface area (Å²) in [6, 6.07) is 13.4. The van der Waals surface area contributed by atoms with E-state index in [0.29, 0.717) is 22.2 Å². The lowest BCUT2D eigenvalue weighted by Crippen LogP contribution is -2.34. The van der Waals surface area contributed by atoms with Gasteiger partial charge < -0.3 is 5.32 Å². The Balaban J connectivity index is 1.63. The number of hydrogen-bond donors (Lipinski definition) is 1. The van der Waals surface area contributed by atoms with Crippen molar-refractivity contribution >= 4 is 16.8 Å². The molecule has 0 unspecified atom stereocenters. The second-order valence-electron chi connectivity index (χ2n) is 9.36. The molecule has 0 saturated heterocycles. The summed E-state index contributed by atoms with van der Waals surface area (Å²) >= 11 is 0. The summed E-state index contributed by atoms with van der Waals surface area (Å²) in [5, 5.41) is 3.28. The van der Waals surface area contributed by atoms with Crippen LogP contribution in [0.3, 0.4) is 0 Å². The van der Waals surface area contributed by atoms with E-state index in [1.807, 2.05) is 0 Å². The largest absolute Gasteiger partial charge is 0.416 e. The highest BCUT2D eigenvalue weighted by Gasteiger charge is 2.37. The summed E-state index contributed by atoms with van der Waals surface area (Å²) in [7, 11) is 0. The molecule has 1 atom stereocenters. The fourth-order valence-corrected chi connectivity index (χ4v) is 4.81. The molecule has 2 aromatic carbocycles. The van der Waals surface area contributed by atoms with E-state index in [2.05, 4.69) is 10.3 Å². The molecule has 0 bridgehead atoms. The molecule has 2 aromatic heterocycles. The van der Waals surface area contributed by atoms with Gasteiger partial charge in [0, 0.05) is 41.2 Å². The number of aromatic nitrogens is 2. The average molecular weight is 527 g/mol. The second kappa shape index (κ2) is 9.34. The lowest BCUT2D eigenvalue weighted by atomic mass is 9.87. The zero-order chi connectivity index (χ0) is 27.2. The summed E-state index contributed by atoms with van der Waals surface area (Å²) in [6.07, 6.45) is -4.27. The van der Waals surface area contributed by atoms with Gasteiger partial charge in [0.25, 0.3) is 17.4 Å². The Kier molecular flexibility index (Phi) is 6.28. The van der Waals surface area contributed by atoms with Crippen LogP contribution in [0.25, 0.3) is 16.6 Å². The van der Waals surface area contributed by atoms with Gasteiger partial charge in [-0.15, -0.1) is 0 Å². The number of fused-ring (bicyclic) bond motifs is 3. The molecule has 196 valence electrons. The van der Waals surface area contributed by atoms with E-state index in [0.717, 1.165) is 28.8 Å². The van der Waals surface area contributed by atoms with Gasteiger partial charge in [0.2, 0.25) is 0 Å². The Morgan fingerprint density at radius 2 is 1.79 bits per heavy atom. The molecule has 0 aliphatic heterocycles. The third-order valence-corrected chi connectivity index (χ3v) is 6.76. The van der Waals surface area contributed by atoms with Crippen LogP contribution in [0.15, 0.2) is 71.7 Å². The van der Waals surface area contributed by atoms with Crippen LogP contribution in [0.5, 0.6) is 0 Å². The van der Waals surface area contributed by atoms with Crippen molar-refractivity contribution in [1.82, 2.24) is 14.9 Å². The standard InChI is InChI=1S/C28H22F5N3O2/c1-16(23-4-2-3-13-34-23)35-25(37)17-5-10-24-21(14-17)20-11-12-27(29,30)15-22(20)26(38)36(24)19-8-6-18(7-9-19)28(31,32)33/h2-10,13-14,16H,11-12,15H2,1H3,(H,35,37)/t16-/m0/s1. The van der Waals surface area contributed by atoms with E-state index in [-0.39, 0.29) is 23.2 Å². The van der Waals surface area contributed by atoms with Crippen LogP contribution >= 0.6 is 0 Å². The van der Waals surface area contributed by atoms with Crippen molar-refractivity contribution in [2.24, 2.45) is 0 Å². The molecule has 1 aliphatic carbocycles. The number of carbonyl (C=O) groups excluding carboxylic acids is 1. The number of aryl methyl sites for hydroxylation is 1. The van der Waals surface area contributed by atoms with Crippen molar-refractivity contribution in [2.45, 2.75) is 44.3 Å². The quantitative estimate of drug-likeness (QED) is 0.330. The molecule has 0 radical (unpaired) electrons. The number of amides is 1. The van der Waals surface area contributed by atoms with Gasteiger partial charge in [0.1, 0.15) is 0 Å². The number of hydrogen-bond acceptors (Lipinski definition) is 3. The van der Waals surface area contributed by atoms with Gasteiger partial charge in [-0.25, -0.2) is 8.78 Å². The number of nitrogens with zero attached hydrogens (tertiary/aromatic N) is 2. The maximum atomic E-state index is 14.4. The molecule has 5 rings (SSSR count). The molecule has 38 heavy (non-hydrogen) atoms. The van der Waals surface area contributed by atoms with Gasteiger partial charge in [-0.3, -0.25) is 19.1 Å². The highest BCUT2D eigenvalue weighted by atomic mass is 19.4. The van der Waals surface area contributed by atoms with Crippen LogP contribution < -0.4 is 10.9 Å². The molecular formula is C28H22F5N3O2. The second-order valence-corrected chi connectivity index (χ2v) is 9.36. The fraction of sp³-hybridized carbons (Fsp3) is 0.250. The zero-order valence-corrected chi connectivity index (χ0v) is 20.2. The highest BCUT2D eigenvalue weighted by molar-refractivity contribution is 5.99. The molecule has 1 amide bonds. The third-order valence-electron chi connectivity index (χ3n) is 6.76. The smallest absolute Gasteiger partial charge is 0.344 e. The highest BCUT2D eigenvalue weighted by Crippen LogP contribution is 2.36. The van der Waals surface area contributed by atoms with Crippen LogP contribution in [-0.2, 0) is 19.0 Å². The SMILES string of the molecule is C[C@H](NC(=O)c1ccc2c(c1)c1c(c(=O)n2-c2ccc(C(F)(F)F)cc2)CC(F)(F)CC1)c1ccccn1. The maximum absolute atomic E-state index is 14.4. The van der Waals surface area contributed by atoms with Crippen molar-refractivity contribution in [1.29, 1.82) is 0 Å². The lowest BCUT2D eigenvalue weighted by Gasteiger charge is -2.27. The minimum atomic E-state index is -4.57. The van der Waals surface area contributed by atoms with Crippen LogP contribution in [0.2, 0.25) is 0 Å². The van der Waals surface area contributed by atoms with Gasteiger partial charge in [0.05, 0.1) is 22.8 Å². The predicted octanol–water partition coefficient (Wildman–Crippen LogP) is 6.02. The van der Waals surface area contributed by atoms with Crippen LogP contribution in [0.1, 0.15) is 52.1 Å². The first kappa shape index (κ1) is 25.6. The van der Waals surface area contributed by atoms with E-state index in [1.54, 1.807) is 31.3 Å². The van der Waals surface area contributed by atoms with Gasteiger partial charge in [-0.2, -0.15) is 13.2 Å². The van der Waals surface area contributed by atoms with E-state index in [1.165, 1.54) is 18.2 Å². The molecule has 1 aliphatic rings. The van der Waals surface area contributed by atoms with Crippen LogP contribution in [-0.4, -0.2) is 21.4 Å². The van der Waals surface area contributed by atoms with Crippen molar-refractivity contribution in [2.75, 3.05) is 0 Å². The molecule has 10 heteroatoms. The number of carbonyl (C=O) groups is 1. The first-order valence-electron chi connectivity index (χ1n) is 11.9. The topological polar surface area (TPSA) is 64.0 Å². The summed E-state index contributed by atoms with van der Waals surface area (Å²) in [5.74, 6) is -3.52. The molecule has 0 spiro atoms. The minimum absolute atomic E-state index is 0.0721.